The van der Waals surface area contributed by atoms with E-state index in [0.29, 0.717) is 29.5 Å². The van der Waals surface area contributed by atoms with Crippen LogP contribution in [0.2, 0.25) is 0 Å². The van der Waals surface area contributed by atoms with Gasteiger partial charge in [0.05, 0.1) is 44.1 Å². The monoisotopic (exact) mass is 774 g/mol. The van der Waals surface area contributed by atoms with Gasteiger partial charge in [-0.2, -0.15) is 15.0 Å². The number of hydrogen-bond acceptors (Lipinski definition) is 4. The lowest BCUT2D eigenvalue weighted by atomic mass is 9.61. The molecule has 0 N–H and O–H groups in total. The van der Waals surface area contributed by atoms with Crippen molar-refractivity contribution in [2.45, 2.75) is 50.5 Å². The van der Waals surface area contributed by atoms with Crippen LogP contribution in [0.15, 0.2) is 170 Å². The van der Waals surface area contributed by atoms with Gasteiger partial charge in [-0.15, -0.1) is 0 Å². The molecule has 10 aromatic rings. The number of hydrogen-bond donors (Lipinski definition) is 0. The molecule has 1 aliphatic heterocycles. The quantitative estimate of drug-likeness (QED) is 0.175. The number of benzene rings is 7. The number of aromatic nitrogens is 5. The van der Waals surface area contributed by atoms with E-state index in [-0.39, 0.29) is 63.3 Å². The van der Waals surface area contributed by atoms with E-state index in [0.717, 1.165) is 45.9 Å². The van der Waals surface area contributed by atoms with Crippen LogP contribution in [0.3, 0.4) is 0 Å². The van der Waals surface area contributed by atoms with Crippen LogP contribution in [-0.4, -0.2) is 29.6 Å². The second kappa shape index (κ2) is 12.7. The maximum Gasteiger partial charge on any atom is 0.240 e. The van der Waals surface area contributed by atoms with Gasteiger partial charge in [-0.1, -0.05) is 147 Å². The van der Waals surface area contributed by atoms with E-state index >= 15 is 0 Å². The fraction of sp³-hybridized carbons (Fsp3) is 0.151. The molecule has 0 radical (unpaired) electrons. The minimum Gasteiger partial charge on any atom is -0.309 e. The Morgan fingerprint density at radius 2 is 1.14 bits per heavy atom. The van der Waals surface area contributed by atoms with Gasteiger partial charge in [-0.3, -0.25) is 4.57 Å². The predicted octanol–water partition coefficient (Wildman–Crippen LogP) is 13.1. The fourth-order valence-corrected chi connectivity index (χ4v) is 9.92. The Bertz CT molecular complexity index is 3870. The summed E-state index contributed by atoms with van der Waals surface area (Å²) in [5.74, 6) is -0.158. The molecule has 2 atom stereocenters. The molecule has 2 unspecified atom stereocenters. The largest absolute Gasteiger partial charge is 0.309 e. The van der Waals surface area contributed by atoms with E-state index < -0.39 is 65.3 Å². The molecule has 0 amide bonds. The Morgan fingerprint density at radius 1 is 0.525 bits per heavy atom. The minimum atomic E-state index is -0.931. The average Bonchev–Trinajstić information content (AvgIpc) is 4.00. The van der Waals surface area contributed by atoms with E-state index in [4.69, 9.17) is 25.9 Å². The molecule has 6 heteroatoms. The summed E-state index contributed by atoms with van der Waals surface area (Å²) in [5.41, 5.74) is 3.54. The molecule has 0 spiro atoms. The first-order valence-corrected chi connectivity index (χ1v) is 19.9. The topological polar surface area (TPSA) is 51.8 Å². The van der Waals surface area contributed by atoms with Crippen LogP contribution in [0.1, 0.15) is 61.5 Å². The maximum atomic E-state index is 9.48. The molecule has 284 valence electrons. The van der Waals surface area contributed by atoms with Crippen molar-refractivity contribution in [3.8, 4) is 34.2 Å². The summed E-state index contributed by atoms with van der Waals surface area (Å²) in [6.45, 7) is 4.04. The highest BCUT2D eigenvalue weighted by Gasteiger charge is 2.58. The highest BCUT2D eigenvalue weighted by molar-refractivity contribution is 6.10. The van der Waals surface area contributed by atoms with Crippen LogP contribution in [0.4, 0.5) is 11.6 Å². The number of anilines is 2. The third-order valence-corrected chi connectivity index (χ3v) is 12.9. The first-order chi connectivity index (χ1) is 34.0. The van der Waals surface area contributed by atoms with Gasteiger partial charge in [0.1, 0.15) is 0 Å². The van der Waals surface area contributed by atoms with Crippen LogP contribution in [0, 0.1) is 0 Å². The molecule has 12 rings (SSSR count). The third-order valence-electron chi connectivity index (χ3n) is 12.9. The van der Waals surface area contributed by atoms with E-state index in [1.807, 2.05) is 80.6 Å². The summed E-state index contributed by atoms with van der Waals surface area (Å²) >= 11 is 0. The summed E-state index contributed by atoms with van der Waals surface area (Å²) in [6, 6.07) is 26.5. The molecule has 6 nitrogen and oxygen atoms in total. The van der Waals surface area contributed by atoms with Crippen LogP contribution in [0.5, 0.6) is 0 Å². The lowest BCUT2D eigenvalue weighted by molar-refractivity contribution is 0.193. The van der Waals surface area contributed by atoms with Gasteiger partial charge < -0.3 is 9.47 Å². The van der Waals surface area contributed by atoms with Crippen molar-refractivity contribution in [1.82, 2.24) is 24.1 Å². The average molecular weight is 775 g/mol. The number of nitrogens with zero attached hydrogens (tertiary/aromatic N) is 6. The zero-order chi connectivity index (χ0) is 49.7. The third kappa shape index (κ3) is 4.83. The van der Waals surface area contributed by atoms with Crippen LogP contribution >= 0.6 is 0 Å². The molecule has 3 aromatic heterocycles. The molecule has 7 aromatic carbocycles. The molecular weight excluding hydrogens is 721 g/mol. The van der Waals surface area contributed by atoms with Crippen molar-refractivity contribution in [1.29, 1.82) is 0 Å². The first kappa shape index (κ1) is 24.0. The van der Waals surface area contributed by atoms with E-state index in [9.17, 15) is 5.48 Å². The van der Waals surface area contributed by atoms with Crippen molar-refractivity contribution < 1.29 is 16.4 Å². The van der Waals surface area contributed by atoms with Crippen LogP contribution in [-0.2, 0) is 5.41 Å². The molecule has 0 saturated heterocycles. The Morgan fingerprint density at radius 3 is 1.88 bits per heavy atom. The molecule has 1 aliphatic carbocycles. The van der Waals surface area contributed by atoms with Crippen molar-refractivity contribution in [3.05, 3.63) is 175 Å². The molecule has 59 heavy (non-hydrogen) atoms. The minimum absolute atomic E-state index is 0.0186. The van der Waals surface area contributed by atoms with Gasteiger partial charge in [-0.25, -0.2) is 0 Å². The van der Waals surface area contributed by atoms with E-state index in [2.05, 4.69) is 34.9 Å². The Hall–Kier alpha value is -7.05. The number of para-hydroxylation sites is 5. The molecular formula is C53H42N6. The van der Waals surface area contributed by atoms with Crippen LogP contribution < -0.4 is 4.90 Å². The highest BCUT2D eigenvalue weighted by Crippen LogP contribution is 2.60. The summed E-state index contributed by atoms with van der Waals surface area (Å²) in [6.07, 6.45) is 2.73. The first-order valence-electron chi connectivity index (χ1n) is 25.9. The second-order valence-electron chi connectivity index (χ2n) is 15.9. The molecule has 2 aliphatic rings. The van der Waals surface area contributed by atoms with Crippen molar-refractivity contribution in [2.24, 2.45) is 0 Å². The molecule has 0 bridgehead atoms. The highest BCUT2D eigenvalue weighted by atomic mass is 15.4. The predicted molar refractivity (Wildman–Crippen MR) is 242 cm³/mol. The lowest BCUT2D eigenvalue weighted by Gasteiger charge is -2.49. The summed E-state index contributed by atoms with van der Waals surface area (Å²) < 4.78 is 112. The lowest BCUT2D eigenvalue weighted by Crippen LogP contribution is -2.55. The van der Waals surface area contributed by atoms with Gasteiger partial charge in [0.15, 0.2) is 5.82 Å². The van der Waals surface area contributed by atoms with Crippen molar-refractivity contribution in [2.75, 3.05) is 4.90 Å². The van der Waals surface area contributed by atoms with Crippen molar-refractivity contribution >= 4 is 55.2 Å². The smallest absolute Gasteiger partial charge is 0.240 e. The van der Waals surface area contributed by atoms with E-state index in [1.54, 1.807) is 4.90 Å². The summed E-state index contributed by atoms with van der Waals surface area (Å²) in [4.78, 5) is 17.3. The number of rotatable bonds is 5. The molecule has 4 heterocycles. The summed E-state index contributed by atoms with van der Waals surface area (Å²) in [5, 5.41) is 1.93. The standard InChI is InChI=1S/C53H42N6/c1-52-32-15-16-33-53(52,2)59(48-31-14-9-26-43(48)52)51-55-49(54-50(56-51)58-46-29-12-7-23-40(46)41-24-8-13-30-47(41)58)42-25-4-3-20-37(42)35-18-17-19-36(34-35)57-44-27-10-5-21-38(44)39-22-6-11-28-45(39)57/h3-14,17-31,34H,15-16,32-33H2,1-2H3/i7D,8D,9D,12D,13D,14D,23D,24D,26D,29D,30D,31D. The van der Waals surface area contributed by atoms with Gasteiger partial charge in [0.2, 0.25) is 11.9 Å². The van der Waals surface area contributed by atoms with E-state index in [1.165, 1.54) is 4.57 Å². The van der Waals surface area contributed by atoms with Gasteiger partial charge in [-0.05, 0) is 78.8 Å². The zero-order valence-electron chi connectivity index (χ0n) is 44.2. The SMILES string of the molecule is [2H]c1c([2H])c([2H])c2c(c1[2H])N(c1nc(-c3ccccc3-c3cccc(-n4c5ccccc5c5ccccc54)c3)nc(-n3c4c([2H])c([2H])c([2H])c([2H])c4c4c([2H])c([2H])c([2H])c([2H])c43)n1)C1(C)CCCCC21C. The normalized spacial score (nSPS) is 21.7. The Labute approximate surface area is 359 Å². The van der Waals surface area contributed by atoms with Crippen LogP contribution in [0.25, 0.3) is 77.8 Å². The Kier molecular flexibility index (Phi) is 5.18. The second-order valence-corrected chi connectivity index (χ2v) is 15.9. The molecule has 1 saturated carbocycles. The fourth-order valence-electron chi connectivity index (χ4n) is 9.92. The van der Waals surface area contributed by atoms with Gasteiger partial charge >= 0.3 is 0 Å². The zero-order valence-corrected chi connectivity index (χ0v) is 32.2. The molecule has 1 fully saturated rings. The Balaban J connectivity index is 1.19. The summed E-state index contributed by atoms with van der Waals surface area (Å²) in [7, 11) is 0. The maximum absolute atomic E-state index is 9.48. The number of fused-ring (bicyclic) bond motifs is 9. The van der Waals surface area contributed by atoms with Crippen molar-refractivity contribution in [3.63, 3.8) is 0 Å². The van der Waals surface area contributed by atoms with Gasteiger partial charge in [0.25, 0.3) is 0 Å². The van der Waals surface area contributed by atoms with Gasteiger partial charge in [0, 0.05) is 43.9 Å².